The molecule has 3 heterocycles. The van der Waals surface area contributed by atoms with Gasteiger partial charge in [-0.3, -0.25) is 24.0 Å². The molecule has 6 atom stereocenters. The highest BCUT2D eigenvalue weighted by Gasteiger charge is 2.69. The Morgan fingerprint density at radius 1 is 0.804 bits per heavy atom. The summed E-state index contributed by atoms with van der Waals surface area (Å²) in [5, 5.41) is -0.590. The summed E-state index contributed by atoms with van der Waals surface area (Å²) in [6.07, 6.45) is 7.94. The number of nitrogens with zero attached hydrogens (tertiary/aromatic N) is 1. The summed E-state index contributed by atoms with van der Waals surface area (Å²) in [7, 11) is -3.35. The first-order valence-electron chi connectivity index (χ1n) is 20.1. The van der Waals surface area contributed by atoms with Crippen molar-refractivity contribution in [3.8, 4) is 0 Å². The maximum absolute atomic E-state index is 15.3. The molecule has 6 aliphatic rings. The largest absolute Gasteiger partial charge is 0.332 e. The average Bonchev–Trinajstić information content (AvgIpc) is 3.85. The van der Waals surface area contributed by atoms with Crippen molar-refractivity contribution in [1.82, 2.24) is 4.90 Å². The van der Waals surface area contributed by atoms with E-state index in [4.69, 9.17) is 0 Å². The number of alkyl halides is 2. The van der Waals surface area contributed by atoms with Gasteiger partial charge in [-0.15, -0.1) is 0 Å². The number of hydrogen-bond donors (Lipinski definition) is 0. The van der Waals surface area contributed by atoms with Crippen molar-refractivity contribution in [2.45, 2.75) is 166 Å². The predicted molar refractivity (Wildman–Crippen MR) is 189 cm³/mol. The van der Waals surface area contributed by atoms with Crippen LogP contribution in [0.5, 0.6) is 0 Å². The number of rotatable bonds is 9. The molecule has 0 radical (unpaired) electrons. The summed E-state index contributed by atoms with van der Waals surface area (Å²) in [6.45, 7) is 4.40. The zero-order chi connectivity index (χ0) is 36.8. The minimum absolute atomic E-state index is 0.0242. The van der Waals surface area contributed by atoms with Gasteiger partial charge in [0.05, 0.1) is 17.0 Å². The Morgan fingerprint density at radius 3 is 2.14 bits per heavy atom. The molecule has 0 aromatic rings. The third-order valence-electron chi connectivity index (χ3n) is 14.0. The van der Waals surface area contributed by atoms with Crippen LogP contribution in [0.3, 0.4) is 0 Å². The fourth-order valence-electron chi connectivity index (χ4n) is 10.8. The number of sulfone groups is 1. The monoisotopic (exact) mass is 735 g/mol. The standard InChI is InChI=1S/C40H59F2NO7S/c1-38(2)30-25-43-35(34(30)38)31(45)23-27(36(47)32(46)21-26-13-14-26)11-6-3-4-9-18-40(41,42)19-15-28(37(43)48)22-29(44)24-39(16-7-5-8-17-39)33-12-10-20-51(33,49)50/h26-28,30,33-35H,3-25H2,1-2H3/t27-,28-,30+,33-,34+,35-/m1/s1. The molecule has 0 aromatic heterocycles. The molecular weight excluding hydrogens is 677 g/mol. The van der Waals surface area contributed by atoms with E-state index in [0.717, 1.165) is 32.1 Å². The number of carbonyl (C=O) groups is 5. The lowest BCUT2D eigenvalue weighted by Crippen LogP contribution is -2.49. The van der Waals surface area contributed by atoms with Crippen LogP contribution in [0.1, 0.15) is 149 Å². The molecule has 286 valence electrons. The average molecular weight is 736 g/mol. The normalized spacial score (nSPS) is 35.1. The van der Waals surface area contributed by atoms with Crippen LogP contribution in [0, 0.1) is 40.4 Å². The van der Waals surface area contributed by atoms with E-state index in [-0.39, 0.29) is 92.0 Å². The first-order valence-corrected chi connectivity index (χ1v) is 21.8. The molecule has 0 bridgehead atoms. The van der Waals surface area contributed by atoms with Gasteiger partial charge in [0.15, 0.2) is 21.4 Å². The van der Waals surface area contributed by atoms with E-state index in [9.17, 15) is 32.4 Å². The molecule has 0 unspecified atom stereocenters. The lowest BCUT2D eigenvalue weighted by molar-refractivity contribution is -0.146. The van der Waals surface area contributed by atoms with Crippen molar-refractivity contribution in [3.63, 3.8) is 0 Å². The third-order valence-corrected chi connectivity index (χ3v) is 16.5. The molecule has 51 heavy (non-hydrogen) atoms. The number of Topliss-reactive ketones (excluding diaryl/α,β-unsaturated/α-hetero) is 4. The summed E-state index contributed by atoms with van der Waals surface area (Å²) >= 11 is 0. The highest BCUT2D eigenvalue weighted by Crippen LogP contribution is 2.65. The number of ketones is 4. The number of halogens is 2. The number of fused-ring (bicyclic) bond motifs is 3. The quantitative estimate of drug-likeness (QED) is 0.229. The minimum Gasteiger partial charge on any atom is -0.332 e. The fourth-order valence-corrected chi connectivity index (χ4v) is 13.2. The highest BCUT2D eigenvalue weighted by atomic mass is 32.2. The molecule has 3 saturated heterocycles. The summed E-state index contributed by atoms with van der Waals surface area (Å²) in [6, 6.07) is -0.828. The van der Waals surface area contributed by atoms with E-state index in [2.05, 4.69) is 13.8 Å². The van der Waals surface area contributed by atoms with Crippen molar-refractivity contribution in [2.24, 2.45) is 40.4 Å². The maximum atomic E-state index is 15.3. The first-order chi connectivity index (χ1) is 24.0. The molecule has 3 aliphatic carbocycles. The molecule has 6 rings (SSSR count). The van der Waals surface area contributed by atoms with E-state index in [1.165, 1.54) is 4.90 Å². The van der Waals surface area contributed by atoms with Crippen molar-refractivity contribution in [3.05, 3.63) is 0 Å². The van der Waals surface area contributed by atoms with Gasteiger partial charge in [-0.25, -0.2) is 17.2 Å². The molecule has 0 N–H and O–H groups in total. The summed E-state index contributed by atoms with van der Waals surface area (Å²) in [5.74, 6) is -6.55. The van der Waals surface area contributed by atoms with E-state index >= 15 is 8.78 Å². The Hall–Kier alpha value is -2.04. The lowest BCUT2D eigenvalue weighted by atomic mass is 9.67. The Labute approximate surface area is 302 Å². The molecular formula is C40H59F2NO7S. The molecule has 11 heteroatoms. The van der Waals surface area contributed by atoms with Gasteiger partial charge in [-0.2, -0.15) is 0 Å². The summed E-state index contributed by atoms with van der Waals surface area (Å²) in [5.41, 5.74) is -0.899. The van der Waals surface area contributed by atoms with Crippen LogP contribution in [-0.4, -0.2) is 71.9 Å². The number of piperidine rings is 1. The SMILES string of the molecule is CC1(C)[C@@H]2[C@H]3C(=O)C[C@H](C(=O)C(=O)CC4CC4)CCCCCCC(F)(F)CC[C@H](CC(=O)CC4([C@H]5CCCS5(=O)=O)CCCCC4)C(=O)N3C[C@@H]21. The molecule has 0 spiro atoms. The maximum Gasteiger partial charge on any atom is 0.248 e. The van der Waals surface area contributed by atoms with Crippen LogP contribution < -0.4 is 0 Å². The van der Waals surface area contributed by atoms with Gasteiger partial charge >= 0.3 is 0 Å². The molecule has 0 aromatic carbocycles. The van der Waals surface area contributed by atoms with Crippen LogP contribution in [0.25, 0.3) is 0 Å². The van der Waals surface area contributed by atoms with E-state index < -0.39 is 68.2 Å². The molecule has 1 amide bonds. The van der Waals surface area contributed by atoms with E-state index in [0.29, 0.717) is 51.4 Å². The minimum atomic E-state index is -3.35. The lowest BCUT2D eigenvalue weighted by Gasteiger charge is -2.41. The molecule has 3 aliphatic heterocycles. The van der Waals surface area contributed by atoms with Gasteiger partial charge in [-0.05, 0) is 86.4 Å². The van der Waals surface area contributed by atoms with Crippen LogP contribution in [0.2, 0.25) is 0 Å². The molecule has 6 fully saturated rings. The first kappa shape index (κ1) is 38.7. The van der Waals surface area contributed by atoms with Crippen molar-refractivity contribution >= 4 is 38.9 Å². The second kappa shape index (κ2) is 15.0. The predicted octanol–water partition coefficient (Wildman–Crippen LogP) is 7.25. The van der Waals surface area contributed by atoms with Crippen LogP contribution in [0.15, 0.2) is 0 Å². The number of carbonyl (C=O) groups excluding carboxylic acids is 5. The van der Waals surface area contributed by atoms with Crippen molar-refractivity contribution in [1.29, 1.82) is 0 Å². The second-order valence-electron chi connectivity index (χ2n) is 18.1. The fraction of sp³-hybridized carbons (Fsp3) is 0.875. The van der Waals surface area contributed by atoms with Gasteiger partial charge in [-0.1, -0.05) is 52.4 Å². The topological polar surface area (TPSA) is 123 Å². The third kappa shape index (κ3) is 8.53. The van der Waals surface area contributed by atoms with Gasteiger partial charge in [0.25, 0.3) is 0 Å². The number of hydrogen-bond acceptors (Lipinski definition) is 7. The van der Waals surface area contributed by atoms with E-state index in [1.54, 1.807) is 0 Å². The highest BCUT2D eigenvalue weighted by molar-refractivity contribution is 7.92. The smallest absolute Gasteiger partial charge is 0.248 e. The Kier molecular flexibility index (Phi) is 11.4. The van der Waals surface area contributed by atoms with Gasteiger partial charge < -0.3 is 4.90 Å². The Balaban J connectivity index is 1.25. The molecule has 8 nitrogen and oxygen atoms in total. The zero-order valence-electron chi connectivity index (χ0n) is 30.8. The van der Waals surface area contributed by atoms with Crippen LogP contribution in [0.4, 0.5) is 8.78 Å². The second-order valence-corrected chi connectivity index (χ2v) is 20.4. The van der Waals surface area contributed by atoms with Crippen molar-refractivity contribution in [2.75, 3.05) is 12.3 Å². The summed E-state index contributed by atoms with van der Waals surface area (Å²) < 4.78 is 57.0. The Morgan fingerprint density at radius 2 is 1.47 bits per heavy atom. The van der Waals surface area contributed by atoms with Gasteiger partial charge in [0, 0.05) is 56.9 Å². The van der Waals surface area contributed by atoms with E-state index in [1.807, 2.05) is 0 Å². The summed E-state index contributed by atoms with van der Waals surface area (Å²) in [4.78, 5) is 70.7. The zero-order valence-corrected chi connectivity index (χ0v) is 31.6. The van der Waals surface area contributed by atoms with Crippen LogP contribution >= 0.6 is 0 Å². The van der Waals surface area contributed by atoms with Gasteiger partial charge in [0.1, 0.15) is 5.78 Å². The molecule has 3 saturated carbocycles. The Bertz CT molecular complexity index is 1480. The number of amides is 1. The van der Waals surface area contributed by atoms with Crippen molar-refractivity contribution < 1.29 is 41.2 Å². The van der Waals surface area contributed by atoms with Gasteiger partial charge in [0.2, 0.25) is 17.6 Å². The van der Waals surface area contributed by atoms with Crippen LogP contribution in [-0.2, 0) is 33.8 Å².